The van der Waals surface area contributed by atoms with E-state index in [1.54, 1.807) is 13.3 Å². The molecule has 0 aliphatic heterocycles. The first-order chi connectivity index (χ1) is 6.72. The van der Waals surface area contributed by atoms with Crippen molar-refractivity contribution in [3.63, 3.8) is 0 Å². The average molecular weight is 274 g/mol. The molecule has 5 heteroatoms. The van der Waals surface area contributed by atoms with Crippen LogP contribution in [0, 0.1) is 0 Å². The third-order valence-corrected chi connectivity index (χ3v) is 3.06. The number of fused-ring (bicyclic) bond motifs is 1. The number of ether oxygens (including phenoxy) is 1. The van der Waals surface area contributed by atoms with Gasteiger partial charge in [-0.3, -0.25) is 0 Å². The van der Waals surface area contributed by atoms with Gasteiger partial charge in [0, 0.05) is 4.47 Å². The maximum Gasteiger partial charge on any atom is 0.232 e. The predicted molar refractivity (Wildman–Crippen MR) is 58.8 cm³/mol. The molecule has 1 aromatic heterocycles. The molecule has 3 nitrogen and oxygen atoms in total. The molecule has 0 amide bonds. The van der Waals surface area contributed by atoms with Gasteiger partial charge in [0.2, 0.25) is 5.88 Å². The van der Waals surface area contributed by atoms with E-state index in [1.807, 2.05) is 12.1 Å². The van der Waals surface area contributed by atoms with Crippen LogP contribution in [0.3, 0.4) is 0 Å². The highest BCUT2D eigenvalue weighted by atomic mass is 79.9. The summed E-state index contributed by atoms with van der Waals surface area (Å²) in [5.74, 6) is 0.456. The Morgan fingerprint density at radius 1 is 1.43 bits per heavy atom. The van der Waals surface area contributed by atoms with E-state index in [-0.39, 0.29) is 0 Å². The summed E-state index contributed by atoms with van der Waals surface area (Å²) < 4.78 is 5.77. The highest BCUT2D eigenvalue weighted by molar-refractivity contribution is 9.10. The monoisotopic (exact) mass is 272 g/mol. The molecule has 0 aliphatic rings. The largest absolute Gasteiger partial charge is 0.480 e. The van der Waals surface area contributed by atoms with Crippen LogP contribution in [0.1, 0.15) is 0 Å². The van der Waals surface area contributed by atoms with E-state index in [4.69, 9.17) is 16.3 Å². The Morgan fingerprint density at radius 2 is 2.21 bits per heavy atom. The molecule has 0 saturated carbocycles. The van der Waals surface area contributed by atoms with E-state index in [2.05, 4.69) is 25.9 Å². The minimum absolute atomic E-state index is 0.456. The van der Waals surface area contributed by atoms with E-state index >= 15 is 0 Å². The van der Waals surface area contributed by atoms with Gasteiger partial charge < -0.3 is 4.74 Å². The zero-order valence-corrected chi connectivity index (χ0v) is 9.63. The van der Waals surface area contributed by atoms with Gasteiger partial charge in [-0.15, -0.1) is 0 Å². The Kier molecular flexibility index (Phi) is 2.56. The number of nitrogens with zero attached hydrogens (tertiary/aromatic N) is 2. The molecule has 2 rings (SSSR count). The van der Waals surface area contributed by atoms with Gasteiger partial charge >= 0.3 is 0 Å². The summed E-state index contributed by atoms with van der Waals surface area (Å²) in [7, 11) is 1.54. The van der Waals surface area contributed by atoms with E-state index < -0.39 is 0 Å². The van der Waals surface area contributed by atoms with Crippen molar-refractivity contribution < 1.29 is 4.74 Å². The lowest BCUT2D eigenvalue weighted by Gasteiger charge is -2.03. The van der Waals surface area contributed by atoms with Gasteiger partial charge in [0.1, 0.15) is 5.52 Å². The molecule has 1 heterocycles. The van der Waals surface area contributed by atoms with Crippen LogP contribution in [0.2, 0.25) is 5.02 Å². The molecule has 0 unspecified atom stereocenters. The van der Waals surface area contributed by atoms with Gasteiger partial charge in [0.15, 0.2) is 0 Å². The summed E-state index contributed by atoms with van der Waals surface area (Å²) in [6, 6.07) is 3.68. The number of hydrogen-bond acceptors (Lipinski definition) is 3. The van der Waals surface area contributed by atoms with Crippen LogP contribution in [0.4, 0.5) is 0 Å². The topological polar surface area (TPSA) is 35.0 Å². The van der Waals surface area contributed by atoms with Crippen molar-refractivity contribution in [1.29, 1.82) is 0 Å². The van der Waals surface area contributed by atoms with Gasteiger partial charge in [-0.05, 0) is 28.1 Å². The molecule has 0 spiro atoms. The van der Waals surface area contributed by atoms with Crippen LogP contribution < -0.4 is 4.74 Å². The fourth-order valence-electron chi connectivity index (χ4n) is 1.10. The first-order valence-electron chi connectivity index (χ1n) is 3.87. The molecule has 1 aromatic carbocycles. The van der Waals surface area contributed by atoms with Crippen molar-refractivity contribution in [2.24, 2.45) is 0 Å². The zero-order valence-electron chi connectivity index (χ0n) is 7.29. The van der Waals surface area contributed by atoms with Gasteiger partial charge in [-0.25, -0.2) is 9.97 Å². The Bertz CT molecular complexity index is 489. The van der Waals surface area contributed by atoms with Gasteiger partial charge in [0.05, 0.1) is 23.8 Å². The average Bonchev–Trinajstić information content (AvgIpc) is 2.23. The highest BCUT2D eigenvalue weighted by Crippen LogP contribution is 2.29. The van der Waals surface area contributed by atoms with Crippen LogP contribution in [0.5, 0.6) is 5.88 Å². The summed E-state index contributed by atoms with van der Waals surface area (Å²) in [6.45, 7) is 0. The third-order valence-electron chi connectivity index (χ3n) is 1.79. The number of halogens is 2. The normalized spacial score (nSPS) is 10.5. The highest BCUT2D eigenvalue weighted by Gasteiger charge is 2.06. The molecule has 2 aromatic rings. The Hall–Kier alpha value is -0.870. The Labute approximate surface area is 94.2 Å². The lowest BCUT2D eigenvalue weighted by molar-refractivity contribution is 0.397. The second-order valence-corrected chi connectivity index (χ2v) is 3.87. The van der Waals surface area contributed by atoms with Crippen molar-refractivity contribution in [3.05, 3.63) is 27.8 Å². The third kappa shape index (κ3) is 1.55. The first kappa shape index (κ1) is 9.68. The molecule has 0 fully saturated rings. The molecule has 0 radical (unpaired) electrons. The maximum atomic E-state index is 6.05. The smallest absolute Gasteiger partial charge is 0.232 e. The van der Waals surface area contributed by atoms with Crippen LogP contribution in [0.15, 0.2) is 22.8 Å². The summed E-state index contributed by atoms with van der Waals surface area (Å²) in [5, 5.41) is 0.550. The molecule has 0 N–H and O–H groups in total. The molecule has 14 heavy (non-hydrogen) atoms. The Balaban J connectivity index is 2.78. The van der Waals surface area contributed by atoms with Crippen molar-refractivity contribution in [2.45, 2.75) is 0 Å². The van der Waals surface area contributed by atoms with Gasteiger partial charge in [-0.2, -0.15) is 0 Å². The second kappa shape index (κ2) is 3.71. The van der Waals surface area contributed by atoms with E-state index in [9.17, 15) is 0 Å². The zero-order chi connectivity index (χ0) is 10.1. The number of rotatable bonds is 1. The Morgan fingerprint density at radius 3 is 2.93 bits per heavy atom. The number of hydrogen-bond donors (Lipinski definition) is 0. The fraction of sp³-hybridized carbons (Fsp3) is 0.111. The van der Waals surface area contributed by atoms with Crippen LogP contribution in [0.25, 0.3) is 11.0 Å². The van der Waals surface area contributed by atoms with Crippen molar-refractivity contribution in [3.8, 4) is 5.88 Å². The molecule has 0 bridgehead atoms. The maximum absolute atomic E-state index is 6.05. The van der Waals surface area contributed by atoms with Crippen LogP contribution in [-0.2, 0) is 0 Å². The minimum Gasteiger partial charge on any atom is -0.480 e. The van der Waals surface area contributed by atoms with E-state index in [0.29, 0.717) is 16.4 Å². The molecular weight excluding hydrogens is 267 g/mol. The second-order valence-electron chi connectivity index (χ2n) is 2.64. The van der Waals surface area contributed by atoms with E-state index in [0.717, 1.165) is 9.99 Å². The van der Waals surface area contributed by atoms with Gasteiger partial charge in [0.25, 0.3) is 0 Å². The van der Waals surface area contributed by atoms with Crippen molar-refractivity contribution in [1.82, 2.24) is 9.97 Å². The molecule has 0 saturated heterocycles. The SMILES string of the molecule is COc1cnc2ccc(Br)c(Cl)c2n1. The summed E-state index contributed by atoms with van der Waals surface area (Å²) in [4.78, 5) is 8.37. The number of aromatic nitrogens is 2. The molecule has 0 aliphatic carbocycles. The van der Waals surface area contributed by atoms with Crippen molar-refractivity contribution in [2.75, 3.05) is 7.11 Å². The van der Waals surface area contributed by atoms with Crippen LogP contribution >= 0.6 is 27.5 Å². The fourth-order valence-corrected chi connectivity index (χ4v) is 1.62. The summed E-state index contributed by atoms with van der Waals surface area (Å²) in [5.41, 5.74) is 1.39. The molecular formula is C9H6BrClN2O. The number of benzene rings is 1. The van der Waals surface area contributed by atoms with E-state index in [1.165, 1.54) is 0 Å². The predicted octanol–water partition coefficient (Wildman–Crippen LogP) is 3.05. The summed E-state index contributed by atoms with van der Waals surface area (Å²) in [6.07, 6.45) is 1.56. The quantitative estimate of drug-likeness (QED) is 0.801. The lowest BCUT2D eigenvalue weighted by atomic mass is 10.3. The molecule has 72 valence electrons. The van der Waals surface area contributed by atoms with Crippen LogP contribution in [-0.4, -0.2) is 17.1 Å². The van der Waals surface area contributed by atoms with Gasteiger partial charge in [-0.1, -0.05) is 11.6 Å². The summed E-state index contributed by atoms with van der Waals surface area (Å²) >= 11 is 9.37. The lowest BCUT2D eigenvalue weighted by Crippen LogP contribution is -1.91. The molecule has 0 atom stereocenters. The first-order valence-corrected chi connectivity index (χ1v) is 5.04. The minimum atomic E-state index is 0.456. The standard InChI is InChI=1S/C9H6BrClN2O/c1-14-7-4-12-6-3-2-5(10)8(11)9(6)13-7/h2-4H,1H3. The van der Waals surface area contributed by atoms with Crippen molar-refractivity contribution >= 4 is 38.6 Å². The number of methoxy groups -OCH3 is 1.